The lowest BCUT2D eigenvalue weighted by molar-refractivity contribution is 0.0597. The van der Waals surface area contributed by atoms with Gasteiger partial charge in [0.25, 0.3) is 0 Å². The number of aryl methyl sites for hydroxylation is 2. The van der Waals surface area contributed by atoms with Crippen molar-refractivity contribution >= 4 is 39.9 Å². The number of hydrogen-bond acceptors (Lipinski definition) is 6. The number of aromatic nitrogens is 1. The molecule has 2 heterocycles. The van der Waals surface area contributed by atoms with Crippen LogP contribution in [0.4, 0.5) is 10.8 Å². The maximum absolute atomic E-state index is 11.9. The number of carbonyl (C=O) groups excluding carboxylic acids is 1. The van der Waals surface area contributed by atoms with E-state index in [0.717, 1.165) is 33.7 Å². The first-order valence-electron chi connectivity index (χ1n) is 6.67. The minimum atomic E-state index is -0.285. The van der Waals surface area contributed by atoms with Crippen LogP contribution in [-0.4, -0.2) is 30.4 Å². The number of hydrogen-bond donors (Lipinski definition) is 0. The molecule has 4 nitrogen and oxygen atoms in total. The summed E-state index contributed by atoms with van der Waals surface area (Å²) in [5.74, 6) is 0.645. The Balaban J connectivity index is 2.08. The van der Waals surface area contributed by atoms with Crippen LogP contribution in [0.15, 0.2) is 23.1 Å². The topological polar surface area (TPSA) is 42.4 Å². The monoisotopic (exact) mass is 320 g/mol. The number of fused-ring (bicyclic) bond motifs is 1. The molecule has 6 heteroatoms. The van der Waals surface area contributed by atoms with Crippen LogP contribution in [0.5, 0.6) is 0 Å². The molecule has 0 bridgehead atoms. The van der Waals surface area contributed by atoms with Crippen molar-refractivity contribution in [3.63, 3.8) is 0 Å². The Kier molecular flexibility index (Phi) is 3.91. The molecule has 2 aromatic rings. The molecule has 1 aliphatic heterocycles. The van der Waals surface area contributed by atoms with Crippen LogP contribution in [0, 0.1) is 13.8 Å². The molecule has 0 unspecified atom stereocenters. The van der Waals surface area contributed by atoms with E-state index in [9.17, 15) is 4.79 Å². The van der Waals surface area contributed by atoms with Crippen molar-refractivity contribution in [2.24, 2.45) is 0 Å². The van der Waals surface area contributed by atoms with Gasteiger partial charge in [0.05, 0.1) is 24.1 Å². The van der Waals surface area contributed by atoms with Crippen molar-refractivity contribution in [2.45, 2.75) is 18.7 Å². The zero-order chi connectivity index (χ0) is 15.0. The van der Waals surface area contributed by atoms with Crippen molar-refractivity contribution in [3.05, 3.63) is 34.3 Å². The van der Waals surface area contributed by atoms with Gasteiger partial charge in [-0.2, -0.15) is 0 Å². The first-order chi connectivity index (χ1) is 10.1. The Morgan fingerprint density at radius 3 is 2.86 bits per heavy atom. The number of ether oxygens (including phenoxy) is 1. The summed E-state index contributed by atoms with van der Waals surface area (Å²) in [6.07, 6.45) is 0. The molecule has 3 rings (SSSR count). The quantitative estimate of drug-likeness (QED) is 0.788. The van der Waals surface area contributed by atoms with Crippen LogP contribution in [0.1, 0.15) is 20.9 Å². The van der Waals surface area contributed by atoms with E-state index >= 15 is 0 Å². The number of methoxy groups -OCH3 is 1. The van der Waals surface area contributed by atoms with Gasteiger partial charge in [0, 0.05) is 22.1 Å². The highest BCUT2D eigenvalue weighted by molar-refractivity contribution is 7.99. The fraction of sp³-hybridized carbons (Fsp3) is 0.333. The number of thioether (sulfide) groups is 1. The normalized spacial score (nSPS) is 14.0. The molecule has 0 aliphatic carbocycles. The second-order valence-corrected chi connectivity index (χ2v) is 7.07. The largest absolute Gasteiger partial charge is 0.465 e. The lowest BCUT2D eigenvalue weighted by Gasteiger charge is -2.29. The molecule has 0 N–H and O–H groups in total. The minimum absolute atomic E-state index is 0.285. The van der Waals surface area contributed by atoms with Gasteiger partial charge in [-0.15, -0.1) is 23.1 Å². The van der Waals surface area contributed by atoms with E-state index in [1.807, 2.05) is 25.1 Å². The van der Waals surface area contributed by atoms with E-state index in [1.165, 1.54) is 12.0 Å². The third kappa shape index (κ3) is 2.53. The predicted molar refractivity (Wildman–Crippen MR) is 87.1 cm³/mol. The number of rotatable bonds is 2. The van der Waals surface area contributed by atoms with E-state index in [0.29, 0.717) is 5.56 Å². The molecule has 21 heavy (non-hydrogen) atoms. The van der Waals surface area contributed by atoms with Gasteiger partial charge in [0.2, 0.25) is 0 Å². The Hall–Kier alpha value is -1.53. The number of nitrogens with zero attached hydrogens (tertiary/aromatic N) is 2. The molecule has 0 radical (unpaired) electrons. The van der Waals surface area contributed by atoms with Gasteiger partial charge in [0.15, 0.2) is 5.13 Å². The van der Waals surface area contributed by atoms with Crippen molar-refractivity contribution in [1.82, 2.24) is 4.98 Å². The molecule has 0 saturated carbocycles. The van der Waals surface area contributed by atoms with Crippen LogP contribution in [0.3, 0.4) is 0 Å². The summed E-state index contributed by atoms with van der Waals surface area (Å²) in [5.41, 5.74) is 2.75. The molecule has 0 atom stereocenters. The maximum atomic E-state index is 11.9. The van der Waals surface area contributed by atoms with Crippen molar-refractivity contribution < 1.29 is 9.53 Å². The molecule has 1 aliphatic rings. The Morgan fingerprint density at radius 2 is 2.19 bits per heavy atom. The van der Waals surface area contributed by atoms with Crippen LogP contribution in [-0.2, 0) is 4.74 Å². The minimum Gasteiger partial charge on any atom is -0.465 e. The van der Waals surface area contributed by atoms with E-state index in [1.54, 1.807) is 23.1 Å². The molecule has 0 saturated heterocycles. The highest BCUT2D eigenvalue weighted by Gasteiger charge is 2.25. The molecule has 1 aromatic heterocycles. The summed E-state index contributed by atoms with van der Waals surface area (Å²) < 4.78 is 4.88. The van der Waals surface area contributed by atoms with Gasteiger partial charge < -0.3 is 9.64 Å². The van der Waals surface area contributed by atoms with E-state index in [-0.39, 0.29) is 5.97 Å². The Bertz CT molecular complexity index is 677. The van der Waals surface area contributed by atoms with E-state index in [4.69, 9.17) is 4.74 Å². The van der Waals surface area contributed by atoms with Crippen LogP contribution in [0.2, 0.25) is 0 Å². The fourth-order valence-electron chi connectivity index (χ4n) is 2.29. The SMILES string of the molecule is COC(=O)c1cccc2c1SCCN2c1nc(C)c(C)s1. The summed E-state index contributed by atoms with van der Waals surface area (Å²) in [6, 6.07) is 5.76. The summed E-state index contributed by atoms with van der Waals surface area (Å²) in [5, 5.41) is 0.994. The van der Waals surface area contributed by atoms with E-state index in [2.05, 4.69) is 16.8 Å². The summed E-state index contributed by atoms with van der Waals surface area (Å²) in [7, 11) is 1.42. The average molecular weight is 320 g/mol. The molecule has 0 amide bonds. The Morgan fingerprint density at radius 1 is 1.38 bits per heavy atom. The van der Waals surface area contributed by atoms with Gasteiger partial charge in [-0.25, -0.2) is 9.78 Å². The lowest BCUT2D eigenvalue weighted by atomic mass is 10.2. The van der Waals surface area contributed by atoms with Crippen molar-refractivity contribution in [2.75, 3.05) is 24.3 Å². The highest BCUT2D eigenvalue weighted by atomic mass is 32.2. The van der Waals surface area contributed by atoms with Gasteiger partial charge in [-0.1, -0.05) is 6.07 Å². The zero-order valence-corrected chi connectivity index (χ0v) is 13.8. The van der Waals surface area contributed by atoms with Crippen LogP contribution < -0.4 is 4.90 Å². The molecule has 1 aromatic carbocycles. The van der Waals surface area contributed by atoms with Crippen LogP contribution >= 0.6 is 23.1 Å². The molecule has 0 fully saturated rings. The van der Waals surface area contributed by atoms with Crippen LogP contribution in [0.25, 0.3) is 0 Å². The number of thiazole rings is 1. The van der Waals surface area contributed by atoms with E-state index < -0.39 is 0 Å². The number of carbonyl (C=O) groups is 1. The standard InChI is InChI=1S/C15H16N2O2S2/c1-9-10(2)21-15(16-9)17-7-8-20-13-11(14(18)19-3)5-4-6-12(13)17/h4-6H,7-8H2,1-3H3. The van der Waals surface area contributed by atoms with Crippen molar-refractivity contribution in [3.8, 4) is 0 Å². The lowest BCUT2D eigenvalue weighted by Crippen LogP contribution is -2.25. The molecule has 110 valence electrons. The molecule has 0 spiro atoms. The Labute approximate surface area is 132 Å². The second kappa shape index (κ2) is 5.69. The first kappa shape index (κ1) is 14.4. The third-order valence-corrected chi connectivity index (χ3v) is 5.70. The molecular formula is C15H16N2O2S2. The molecular weight excluding hydrogens is 304 g/mol. The number of anilines is 2. The zero-order valence-electron chi connectivity index (χ0n) is 12.2. The maximum Gasteiger partial charge on any atom is 0.339 e. The van der Waals surface area contributed by atoms with Gasteiger partial charge >= 0.3 is 5.97 Å². The second-order valence-electron chi connectivity index (χ2n) is 4.78. The van der Waals surface area contributed by atoms with Gasteiger partial charge in [-0.3, -0.25) is 0 Å². The summed E-state index contributed by atoms with van der Waals surface area (Å²) in [4.78, 5) is 21.0. The number of esters is 1. The van der Waals surface area contributed by atoms with Gasteiger partial charge in [0.1, 0.15) is 0 Å². The first-order valence-corrected chi connectivity index (χ1v) is 8.47. The van der Waals surface area contributed by atoms with Gasteiger partial charge in [-0.05, 0) is 26.0 Å². The fourth-order valence-corrected chi connectivity index (χ4v) is 4.35. The average Bonchev–Trinajstić information content (AvgIpc) is 2.84. The summed E-state index contributed by atoms with van der Waals surface area (Å²) >= 11 is 3.40. The third-order valence-electron chi connectivity index (χ3n) is 3.50. The number of benzene rings is 1. The smallest absolute Gasteiger partial charge is 0.339 e. The summed E-state index contributed by atoms with van der Waals surface area (Å²) in [6.45, 7) is 5.01. The predicted octanol–water partition coefficient (Wildman–Crippen LogP) is 3.79. The highest BCUT2D eigenvalue weighted by Crippen LogP contribution is 2.42. The van der Waals surface area contributed by atoms with Crippen molar-refractivity contribution in [1.29, 1.82) is 0 Å².